The van der Waals surface area contributed by atoms with E-state index in [1.165, 1.54) is 51.0 Å². The third kappa shape index (κ3) is 11.3. The molecule has 0 radical (unpaired) electrons. The molecule has 0 aliphatic rings. The molecule has 138 valence electrons. The molecule has 1 aromatic rings. The summed E-state index contributed by atoms with van der Waals surface area (Å²) in [5, 5.41) is 0. The molecule has 0 spiro atoms. The first-order valence-corrected chi connectivity index (χ1v) is 10.2. The zero-order valence-electron chi connectivity index (χ0n) is 15.9. The first kappa shape index (κ1) is 24.9. The van der Waals surface area contributed by atoms with Gasteiger partial charge in [-0.1, -0.05) is 51.2 Å². The van der Waals surface area contributed by atoms with Crippen LogP contribution in [0, 0.1) is 0 Å². The number of rotatable bonds is 12. The molecule has 0 aliphatic heterocycles. The van der Waals surface area contributed by atoms with Gasteiger partial charge in [0.05, 0.1) is 0 Å². The van der Waals surface area contributed by atoms with Crippen LogP contribution in [-0.2, 0) is 21.3 Å². The summed E-state index contributed by atoms with van der Waals surface area (Å²) in [5.74, 6) is 0.588. The number of unbranched alkanes of at least 4 members (excludes halogenated alkanes) is 5. The van der Waals surface area contributed by atoms with Gasteiger partial charge in [0.1, 0.15) is 21.3 Å². The molecular formula is C18H29NaO5S. The summed E-state index contributed by atoms with van der Waals surface area (Å²) in [4.78, 5) is 0. The van der Waals surface area contributed by atoms with Crippen LogP contribution < -0.4 is 34.3 Å². The van der Waals surface area contributed by atoms with E-state index >= 15 is 0 Å². The Balaban J connectivity index is 0.00000576. The second-order valence-electron chi connectivity index (χ2n) is 6.04. The van der Waals surface area contributed by atoms with Crippen LogP contribution in [0.3, 0.4) is 0 Å². The van der Waals surface area contributed by atoms with Crippen molar-refractivity contribution in [2.24, 2.45) is 0 Å². The van der Waals surface area contributed by atoms with Gasteiger partial charge in [0.15, 0.2) is 6.29 Å². The molecule has 0 amide bonds. The van der Waals surface area contributed by atoms with Gasteiger partial charge in [0, 0.05) is 0 Å². The van der Waals surface area contributed by atoms with E-state index in [9.17, 15) is 13.0 Å². The minimum absolute atomic E-state index is 0. The van der Waals surface area contributed by atoms with Gasteiger partial charge in [-0.3, -0.25) is 0 Å². The molecule has 2 atom stereocenters. The van der Waals surface area contributed by atoms with Crippen molar-refractivity contribution in [1.82, 2.24) is 0 Å². The van der Waals surface area contributed by atoms with E-state index in [0.717, 1.165) is 6.42 Å². The Morgan fingerprint density at radius 2 is 1.56 bits per heavy atom. The van der Waals surface area contributed by atoms with Gasteiger partial charge in [0.2, 0.25) is 0 Å². The van der Waals surface area contributed by atoms with Crippen LogP contribution in [0.4, 0.5) is 0 Å². The van der Waals surface area contributed by atoms with Crippen LogP contribution in [0.25, 0.3) is 0 Å². The number of benzene rings is 1. The van der Waals surface area contributed by atoms with Gasteiger partial charge >= 0.3 is 29.6 Å². The Bertz CT molecular complexity index is 559. The van der Waals surface area contributed by atoms with Gasteiger partial charge < -0.3 is 14.0 Å². The van der Waals surface area contributed by atoms with Crippen molar-refractivity contribution >= 4 is 10.1 Å². The van der Waals surface area contributed by atoms with E-state index < -0.39 is 21.8 Å². The Hall–Kier alpha value is -0.110. The number of hydrogen-bond donors (Lipinski definition) is 0. The van der Waals surface area contributed by atoms with E-state index in [-0.39, 0.29) is 29.6 Å². The fourth-order valence-electron chi connectivity index (χ4n) is 2.40. The topological polar surface area (TPSA) is 75.7 Å². The molecule has 0 aliphatic carbocycles. The van der Waals surface area contributed by atoms with Gasteiger partial charge in [-0.25, -0.2) is 8.42 Å². The predicted molar refractivity (Wildman–Crippen MR) is 93.9 cm³/mol. The maximum absolute atomic E-state index is 10.8. The smallest absolute Gasteiger partial charge is 0.746 e. The van der Waals surface area contributed by atoms with E-state index in [4.69, 9.17) is 9.47 Å². The first-order chi connectivity index (χ1) is 11.3. The summed E-state index contributed by atoms with van der Waals surface area (Å²) in [6.45, 7) is 4.98. The quantitative estimate of drug-likeness (QED) is 0.236. The molecule has 25 heavy (non-hydrogen) atoms. The van der Waals surface area contributed by atoms with Gasteiger partial charge in [-0.15, -0.1) is 0 Å². The zero-order valence-corrected chi connectivity index (χ0v) is 18.7. The maximum Gasteiger partial charge on any atom is 1.00 e. The average Bonchev–Trinajstić information content (AvgIpc) is 2.51. The number of ether oxygens (including phenoxy) is 2. The summed E-state index contributed by atoms with van der Waals surface area (Å²) in [7, 11) is -4.47. The van der Waals surface area contributed by atoms with Crippen LogP contribution in [-0.4, -0.2) is 24.7 Å². The molecule has 1 aromatic carbocycles. The molecule has 5 nitrogen and oxygen atoms in total. The van der Waals surface area contributed by atoms with Gasteiger partial charge in [-0.2, -0.15) is 0 Å². The monoisotopic (exact) mass is 380 g/mol. The summed E-state index contributed by atoms with van der Waals surface area (Å²) < 4.78 is 43.0. The molecule has 1 rings (SSSR count). The predicted octanol–water partition coefficient (Wildman–Crippen LogP) is 1.23. The van der Waals surface area contributed by atoms with Crippen molar-refractivity contribution in [2.45, 2.75) is 77.4 Å². The van der Waals surface area contributed by atoms with Crippen molar-refractivity contribution in [2.75, 3.05) is 0 Å². The van der Waals surface area contributed by atoms with Crippen molar-refractivity contribution in [1.29, 1.82) is 0 Å². The molecule has 0 N–H and O–H groups in total. The Morgan fingerprint density at radius 1 is 1.00 bits per heavy atom. The van der Waals surface area contributed by atoms with Crippen LogP contribution in [0.15, 0.2) is 24.3 Å². The zero-order chi connectivity index (χ0) is 18.0. The molecule has 0 bridgehead atoms. The minimum Gasteiger partial charge on any atom is -0.746 e. The summed E-state index contributed by atoms with van der Waals surface area (Å²) >= 11 is 0. The largest absolute Gasteiger partial charge is 1.00 e. The van der Waals surface area contributed by atoms with Crippen LogP contribution >= 0.6 is 0 Å². The van der Waals surface area contributed by atoms with E-state index in [0.29, 0.717) is 5.75 Å². The Labute approximate surface area is 174 Å². The Kier molecular flexibility index (Phi) is 13.1. The normalized spacial score (nSPS) is 13.8. The van der Waals surface area contributed by atoms with Crippen LogP contribution in [0.5, 0.6) is 5.75 Å². The third-order valence-corrected chi connectivity index (χ3v) is 4.76. The summed E-state index contributed by atoms with van der Waals surface area (Å²) in [6.07, 6.45) is 7.87. The molecule has 0 fully saturated rings. The molecule has 0 aromatic heterocycles. The van der Waals surface area contributed by atoms with Crippen LogP contribution in [0.2, 0.25) is 0 Å². The third-order valence-electron chi connectivity index (χ3n) is 3.83. The molecular weight excluding hydrogens is 351 g/mol. The second-order valence-corrected chi connectivity index (χ2v) is 7.69. The molecule has 7 heteroatoms. The minimum atomic E-state index is -4.47. The second kappa shape index (κ2) is 13.1. The number of aryl methyl sites for hydroxylation is 1. The van der Waals surface area contributed by atoms with E-state index in [2.05, 4.69) is 6.92 Å². The van der Waals surface area contributed by atoms with Crippen LogP contribution in [0.1, 0.15) is 64.9 Å². The standard InChI is InChI=1S/C18H30O5S.Na/c1-4-5-6-7-8-9-10-17-11-13-18(14-12-17)23-15(2)22-16(3)24(19,20)21;/h11-16H,4-10H2,1-3H3,(H,19,20,21);/q;+1/p-1. The van der Waals surface area contributed by atoms with Crippen molar-refractivity contribution < 1.29 is 52.0 Å². The summed E-state index contributed by atoms with van der Waals surface area (Å²) in [5.41, 5.74) is -0.179. The van der Waals surface area contributed by atoms with Crippen molar-refractivity contribution in [3.8, 4) is 5.75 Å². The fourth-order valence-corrected chi connectivity index (χ4v) is 2.69. The van der Waals surface area contributed by atoms with Crippen molar-refractivity contribution in [3.05, 3.63) is 29.8 Å². The SMILES string of the molecule is CCCCCCCCc1ccc(OC(C)OC(C)S(=O)(=O)[O-])cc1.[Na+]. The average molecular weight is 380 g/mol. The molecule has 0 saturated carbocycles. The van der Waals surface area contributed by atoms with E-state index in [1.54, 1.807) is 6.92 Å². The first-order valence-electron chi connectivity index (χ1n) is 8.68. The number of hydrogen-bond acceptors (Lipinski definition) is 5. The van der Waals surface area contributed by atoms with Gasteiger partial charge in [0.25, 0.3) is 0 Å². The van der Waals surface area contributed by atoms with Gasteiger partial charge in [-0.05, 0) is 44.4 Å². The molecule has 0 heterocycles. The fraction of sp³-hybridized carbons (Fsp3) is 0.667. The molecule has 2 unspecified atom stereocenters. The summed E-state index contributed by atoms with van der Waals surface area (Å²) in [6, 6.07) is 7.68. The Morgan fingerprint density at radius 3 is 2.12 bits per heavy atom. The molecule has 0 saturated heterocycles. The maximum atomic E-state index is 10.8. The van der Waals surface area contributed by atoms with E-state index in [1.807, 2.05) is 24.3 Å². The van der Waals surface area contributed by atoms with Crippen molar-refractivity contribution in [3.63, 3.8) is 0 Å².